The third-order valence-corrected chi connectivity index (χ3v) is 6.89. The number of carbonyl (C=O) groups is 1. The first-order valence-electron chi connectivity index (χ1n) is 11.2. The summed E-state index contributed by atoms with van der Waals surface area (Å²) in [5, 5.41) is 6.94. The molecular formula is C25H29FN4O. The molecule has 5 rings (SSSR count). The van der Waals surface area contributed by atoms with Crippen molar-refractivity contribution >= 4 is 23.0 Å². The highest BCUT2D eigenvalue weighted by molar-refractivity contribution is 5.94. The van der Waals surface area contributed by atoms with Crippen molar-refractivity contribution in [2.24, 2.45) is 11.8 Å². The van der Waals surface area contributed by atoms with Crippen LogP contribution in [0.15, 0.2) is 42.6 Å². The Morgan fingerprint density at radius 2 is 2.10 bits per heavy atom. The molecular weight excluding hydrogens is 391 g/mol. The van der Waals surface area contributed by atoms with Crippen molar-refractivity contribution in [2.75, 3.05) is 23.3 Å². The number of aromatic nitrogens is 1. The van der Waals surface area contributed by atoms with E-state index in [2.05, 4.69) is 46.8 Å². The molecule has 2 N–H and O–H groups in total. The molecule has 1 fully saturated rings. The fourth-order valence-corrected chi connectivity index (χ4v) is 5.27. The van der Waals surface area contributed by atoms with Crippen LogP contribution in [0.5, 0.6) is 0 Å². The molecule has 5 nitrogen and oxygen atoms in total. The summed E-state index contributed by atoms with van der Waals surface area (Å²) in [6, 6.07) is 9.78. The summed E-state index contributed by atoms with van der Waals surface area (Å²) >= 11 is 0. The van der Waals surface area contributed by atoms with E-state index in [0.717, 1.165) is 43.6 Å². The van der Waals surface area contributed by atoms with Gasteiger partial charge in [-0.15, -0.1) is 0 Å². The van der Waals surface area contributed by atoms with Gasteiger partial charge in [0.05, 0.1) is 12.2 Å². The first-order valence-corrected chi connectivity index (χ1v) is 11.2. The number of hydrogen-bond donors (Lipinski definition) is 2. The molecule has 31 heavy (non-hydrogen) atoms. The number of pyridine rings is 1. The molecule has 2 aromatic rings. The predicted molar refractivity (Wildman–Crippen MR) is 121 cm³/mol. The van der Waals surface area contributed by atoms with Crippen molar-refractivity contribution in [1.29, 1.82) is 0 Å². The van der Waals surface area contributed by atoms with E-state index < -0.39 is 0 Å². The number of nitrogens with zero attached hydrogens (tertiary/aromatic N) is 2. The third kappa shape index (κ3) is 3.85. The maximum Gasteiger partial charge on any atom is 0.224 e. The van der Waals surface area contributed by atoms with Gasteiger partial charge in [0.2, 0.25) is 5.91 Å². The van der Waals surface area contributed by atoms with Crippen molar-refractivity contribution in [3.05, 3.63) is 59.5 Å². The topological polar surface area (TPSA) is 57.3 Å². The van der Waals surface area contributed by atoms with Crippen molar-refractivity contribution in [3.8, 4) is 0 Å². The van der Waals surface area contributed by atoms with E-state index in [9.17, 15) is 9.18 Å². The second-order valence-electron chi connectivity index (χ2n) is 9.02. The Hall–Kier alpha value is -2.73. The number of carbonyl (C=O) groups excluding carboxylic acids is 1. The van der Waals surface area contributed by atoms with Crippen LogP contribution >= 0.6 is 0 Å². The summed E-state index contributed by atoms with van der Waals surface area (Å²) in [6.45, 7) is 5.75. The van der Waals surface area contributed by atoms with Gasteiger partial charge in [-0.25, -0.2) is 9.37 Å². The molecule has 1 amide bonds. The Kier molecular flexibility index (Phi) is 5.26. The summed E-state index contributed by atoms with van der Waals surface area (Å²) in [7, 11) is 0. The number of benzene rings is 1. The summed E-state index contributed by atoms with van der Waals surface area (Å²) in [4.78, 5) is 19.0. The fourth-order valence-electron chi connectivity index (χ4n) is 5.27. The minimum absolute atomic E-state index is 0.00331. The van der Waals surface area contributed by atoms with Crippen molar-refractivity contribution in [3.63, 3.8) is 0 Å². The maximum absolute atomic E-state index is 13.4. The molecule has 0 unspecified atom stereocenters. The van der Waals surface area contributed by atoms with Crippen LogP contribution < -0.4 is 15.5 Å². The summed E-state index contributed by atoms with van der Waals surface area (Å²) in [5.41, 5.74) is 4.65. The molecule has 2 aliphatic heterocycles. The summed E-state index contributed by atoms with van der Waals surface area (Å²) in [6.07, 6.45) is 6.80. The SMILES string of the molecule is CC(=O)N1c2ccc(C3=CCNCC3)cc2[C@H](Nc2ccc(F)cn2)[C@@H](C)[C@@H]1C1CC1. The van der Waals surface area contributed by atoms with E-state index in [1.807, 2.05) is 4.90 Å². The summed E-state index contributed by atoms with van der Waals surface area (Å²) in [5.74, 6) is 1.14. The minimum Gasteiger partial charge on any atom is -0.363 e. The highest BCUT2D eigenvalue weighted by Crippen LogP contribution is 2.50. The van der Waals surface area contributed by atoms with Crippen molar-refractivity contribution < 1.29 is 9.18 Å². The van der Waals surface area contributed by atoms with Crippen LogP contribution in [-0.4, -0.2) is 30.0 Å². The zero-order valence-corrected chi connectivity index (χ0v) is 18.1. The molecule has 0 radical (unpaired) electrons. The van der Waals surface area contributed by atoms with Crippen LogP contribution in [0.25, 0.3) is 5.57 Å². The zero-order valence-electron chi connectivity index (χ0n) is 18.1. The first kappa shape index (κ1) is 20.2. The van der Waals surface area contributed by atoms with Crippen LogP contribution in [0.4, 0.5) is 15.9 Å². The van der Waals surface area contributed by atoms with Gasteiger partial charge in [0, 0.05) is 31.1 Å². The van der Waals surface area contributed by atoms with Crippen LogP contribution in [0.3, 0.4) is 0 Å². The van der Waals surface area contributed by atoms with Gasteiger partial charge in [0.25, 0.3) is 0 Å². The van der Waals surface area contributed by atoms with Crippen molar-refractivity contribution in [2.45, 2.75) is 45.2 Å². The van der Waals surface area contributed by atoms with E-state index in [0.29, 0.717) is 11.7 Å². The van der Waals surface area contributed by atoms with Crippen molar-refractivity contribution in [1.82, 2.24) is 10.3 Å². The Morgan fingerprint density at radius 1 is 1.26 bits per heavy atom. The minimum atomic E-state index is -0.346. The lowest BCUT2D eigenvalue weighted by atomic mass is 9.79. The molecule has 3 heterocycles. The van der Waals surface area contributed by atoms with Gasteiger partial charge >= 0.3 is 0 Å². The van der Waals surface area contributed by atoms with E-state index in [1.54, 1.807) is 13.0 Å². The lowest BCUT2D eigenvalue weighted by molar-refractivity contribution is -0.117. The smallest absolute Gasteiger partial charge is 0.224 e. The van der Waals surface area contributed by atoms with Crippen LogP contribution in [0, 0.1) is 17.7 Å². The predicted octanol–water partition coefficient (Wildman–Crippen LogP) is 4.53. The number of hydrogen-bond acceptors (Lipinski definition) is 4. The Bertz CT molecular complexity index is 1010. The first-order chi connectivity index (χ1) is 15.0. The fraction of sp³-hybridized carbons (Fsp3) is 0.440. The maximum atomic E-state index is 13.4. The van der Waals surface area contributed by atoms with Gasteiger partial charge in [-0.3, -0.25) is 4.79 Å². The average molecular weight is 421 g/mol. The lowest BCUT2D eigenvalue weighted by Crippen LogP contribution is -2.51. The van der Waals surface area contributed by atoms with Crippen LogP contribution in [-0.2, 0) is 4.79 Å². The second-order valence-corrected chi connectivity index (χ2v) is 9.02. The summed E-state index contributed by atoms with van der Waals surface area (Å²) < 4.78 is 13.4. The van der Waals surface area contributed by atoms with E-state index in [4.69, 9.17) is 0 Å². The molecule has 1 aromatic carbocycles. The highest BCUT2D eigenvalue weighted by atomic mass is 19.1. The molecule has 0 saturated heterocycles. The molecule has 3 atom stereocenters. The van der Waals surface area contributed by atoms with E-state index in [1.165, 1.54) is 23.4 Å². The number of fused-ring (bicyclic) bond motifs is 1. The standard InChI is InChI=1S/C25H29FN4O/c1-15-24(29-23-8-6-20(26)14-28-23)21-13-19(17-9-11-27-12-10-17)5-7-22(21)30(16(2)31)25(15)18-3-4-18/h5-9,13-15,18,24-25,27H,3-4,10-12H2,1-2H3,(H,28,29)/t15-,24-,25-/m1/s1. The number of anilines is 2. The molecule has 6 heteroatoms. The van der Waals surface area contributed by atoms with Gasteiger partial charge in [0.15, 0.2) is 0 Å². The highest BCUT2D eigenvalue weighted by Gasteiger charge is 2.47. The molecule has 1 aromatic heterocycles. The molecule has 1 saturated carbocycles. The molecule has 3 aliphatic rings. The van der Waals surface area contributed by atoms with E-state index in [-0.39, 0.29) is 29.7 Å². The van der Waals surface area contributed by atoms with E-state index >= 15 is 0 Å². The monoisotopic (exact) mass is 420 g/mol. The second kappa shape index (κ2) is 8.08. The average Bonchev–Trinajstić information content (AvgIpc) is 3.62. The van der Waals surface area contributed by atoms with Gasteiger partial charge in [-0.1, -0.05) is 19.1 Å². The Morgan fingerprint density at radius 3 is 2.74 bits per heavy atom. The Labute approximate surface area is 182 Å². The molecule has 0 bridgehead atoms. The number of rotatable bonds is 4. The van der Waals surface area contributed by atoms with Gasteiger partial charge in [0.1, 0.15) is 11.6 Å². The quantitative estimate of drug-likeness (QED) is 0.763. The number of halogens is 1. The van der Waals surface area contributed by atoms with Gasteiger partial charge in [-0.05, 0) is 72.7 Å². The van der Waals surface area contributed by atoms with Crippen LogP contribution in [0.1, 0.15) is 50.3 Å². The lowest BCUT2D eigenvalue weighted by Gasteiger charge is -2.46. The number of amides is 1. The number of nitrogens with one attached hydrogen (secondary N) is 2. The van der Waals surface area contributed by atoms with Gasteiger partial charge in [-0.2, -0.15) is 0 Å². The largest absolute Gasteiger partial charge is 0.363 e. The van der Waals surface area contributed by atoms with Gasteiger partial charge < -0.3 is 15.5 Å². The molecule has 0 spiro atoms. The van der Waals surface area contributed by atoms with Crippen LogP contribution in [0.2, 0.25) is 0 Å². The Balaban J connectivity index is 1.60. The third-order valence-electron chi connectivity index (χ3n) is 6.89. The normalized spacial score (nSPS) is 25.6. The zero-order chi connectivity index (χ0) is 21.5. The molecule has 162 valence electrons. The molecule has 1 aliphatic carbocycles.